The van der Waals surface area contributed by atoms with Crippen molar-refractivity contribution < 1.29 is 4.79 Å². The molecular weight excluding hydrogens is 248 g/mol. The molecule has 3 atom stereocenters. The van der Waals surface area contributed by atoms with Gasteiger partial charge in [0.15, 0.2) is 0 Å². The second-order valence-electron chi connectivity index (χ2n) is 6.41. The normalized spacial score (nSPS) is 29.4. The van der Waals surface area contributed by atoms with Gasteiger partial charge in [-0.25, -0.2) is 0 Å². The average Bonchev–Trinajstić information content (AvgIpc) is 2.63. The van der Waals surface area contributed by atoms with E-state index in [0.717, 1.165) is 19.4 Å². The lowest BCUT2D eigenvalue weighted by atomic mass is 9.96. The Balaban J connectivity index is 1.65. The van der Waals surface area contributed by atoms with E-state index >= 15 is 0 Å². The predicted molar refractivity (Wildman–Crippen MR) is 80.4 cm³/mol. The maximum Gasteiger partial charge on any atom is 0.217 e. The highest BCUT2D eigenvalue weighted by Crippen LogP contribution is 2.36. The van der Waals surface area contributed by atoms with Crippen molar-refractivity contribution in [2.45, 2.75) is 64.2 Å². The van der Waals surface area contributed by atoms with Crippen LogP contribution in [-0.4, -0.2) is 28.9 Å². The summed E-state index contributed by atoms with van der Waals surface area (Å²) in [6.07, 6.45) is 4.79. The van der Waals surface area contributed by atoms with Crippen LogP contribution in [0.5, 0.6) is 0 Å². The molecule has 2 aliphatic rings. The van der Waals surface area contributed by atoms with Crippen molar-refractivity contribution in [2.24, 2.45) is 0 Å². The van der Waals surface area contributed by atoms with Gasteiger partial charge in [0.1, 0.15) is 0 Å². The Bertz CT molecular complexity index is 468. The molecule has 3 heteroatoms. The summed E-state index contributed by atoms with van der Waals surface area (Å²) in [6, 6.07) is 10.6. The van der Waals surface area contributed by atoms with Crippen molar-refractivity contribution in [2.75, 3.05) is 0 Å². The maximum atomic E-state index is 11.2. The summed E-state index contributed by atoms with van der Waals surface area (Å²) in [5, 5.41) is 3.11. The molecule has 2 saturated heterocycles. The highest BCUT2D eigenvalue weighted by molar-refractivity contribution is 5.73. The number of piperidine rings is 1. The number of nitrogens with zero attached hydrogens (tertiary/aromatic N) is 1. The van der Waals surface area contributed by atoms with E-state index in [2.05, 4.69) is 41.4 Å². The van der Waals surface area contributed by atoms with Crippen molar-refractivity contribution >= 4 is 5.91 Å². The molecule has 3 rings (SSSR count). The van der Waals surface area contributed by atoms with E-state index in [-0.39, 0.29) is 5.91 Å². The standard InChI is InChI=1S/C17H24N2O/c1-12-3-5-14(6-4-12)11-19-16-7-8-17(19)10-15(9-16)18-13(2)20/h3-6,15-17H,7-11H2,1-2H3,(H,18,20)/t15?,16-,17+. The molecule has 20 heavy (non-hydrogen) atoms. The first-order chi connectivity index (χ1) is 9.61. The number of carbonyl (C=O) groups is 1. The predicted octanol–water partition coefficient (Wildman–Crippen LogP) is 2.63. The number of nitrogens with one attached hydrogen (secondary N) is 1. The number of hydrogen-bond donors (Lipinski definition) is 1. The van der Waals surface area contributed by atoms with E-state index in [4.69, 9.17) is 0 Å². The Labute approximate surface area is 121 Å². The summed E-state index contributed by atoms with van der Waals surface area (Å²) in [4.78, 5) is 13.9. The Morgan fingerprint density at radius 1 is 1.20 bits per heavy atom. The Morgan fingerprint density at radius 3 is 2.35 bits per heavy atom. The van der Waals surface area contributed by atoms with Crippen LogP contribution in [0, 0.1) is 6.92 Å². The molecule has 0 spiro atoms. The van der Waals surface area contributed by atoms with Crippen molar-refractivity contribution in [3.8, 4) is 0 Å². The summed E-state index contributed by atoms with van der Waals surface area (Å²) in [5.41, 5.74) is 2.73. The van der Waals surface area contributed by atoms with Crippen LogP contribution in [0.25, 0.3) is 0 Å². The molecule has 3 nitrogen and oxygen atoms in total. The van der Waals surface area contributed by atoms with Crippen LogP contribution in [0.15, 0.2) is 24.3 Å². The van der Waals surface area contributed by atoms with Crippen LogP contribution in [0.1, 0.15) is 43.7 Å². The fraction of sp³-hybridized carbons (Fsp3) is 0.588. The minimum atomic E-state index is 0.112. The van der Waals surface area contributed by atoms with E-state index in [1.807, 2.05) is 0 Å². The highest BCUT2D eigenvalue weighted by atomic mass is 16.1. The number of carbonyl (C=O) groups excluding carboxylic acids is 1. The van der Waals surface area contributed by atoms with E-state index in [1.165, 1.54) is 24.0 Å². The van der Waals surface area contributed by atoms with Gasteiger partial charge in [-0.05, 0) is 38.2 Å². The fourth-order valence-corrected chi connectivity index (χ4v) is 3.84. The van der Waals surface area contributed by atoms with Crippen LogP contribution < -0.4 is 5.32 Å². The average molecular weight is 272 g/mol. The Morgan fingerprint density at radius 2 is 1.80 bits per heavy atom. The van der Waals surface area contributed by atoms with Crippen molar-refractivity contribution in [3.63, 3.8) is 0 Å². The quantitative estimate of drug-likeness (QED) is 0.917. The lowest BCUT2D eigenvalue weighted by Crippen LogP contribution is -2.49. The first kappa shape index (κ1) is 13.6. The second kappa shape index (κ2) is 5.57. The molecule has 2 aliphatic heterocycles. The van der Waals surface area contributed by atoms with Crippen molar-refractivity contribution in [1.82, 2.24) is 10.2 Å². The zero-order valence-corrected chi connectivity index (χ0v) is 12.4. The molecule has 0 aromatic heterocycles. The number of fused-ring (bicyclic) bond motifs is 2. The number of hydrogen-bond acceptors (Lipinski definition) is 2. The third-order valence-electron chi connectivity index (χ3n) is 4.78. The molecule has 2 heterocycles. The monoisotopic (exact) mass is 272 g/mol. The molecular formula is C17H24N2O. The van der Waals surface area contributed by atoms with Crippen LogP contribution >= 0.6 is 0 Å². The topological polar surface area (TPSA) is 32.3 Å². The smallest absolute Gasteiger partial charge is 0.217 e. The summed E-state index contributed by atoms with van der Waals surface area (Å²) in [7, 11) is 0. The zero-order chi connectivity index (χ0) is 14.1. The van der Waals surface area contributed by atoms with Gasteiger partial charge in [-0.1, -0.05) is 29.8 Å². The number of benzene rings is 1. The lowest BCUT2D eigenvalue weighted by molar-refractivity contribution is -0.120. The largest absolute Gasteiger partial charge is 0.353 e. The summed E-state index contributed by atoms with van der Waals surface area (Å²) in [5.74, 6) is 0.112. The summed E-state index contributed by atoms with van der Waals surface area (Å²) < 4.78 is 0. The van der Waals surface area contributed by atoms with Gasteiger partial charge in [0.05, 0.1) is 0 Å². The molecule has 1 aromatic carbocycles. The molecule has 2 fully saturated rings. The molecule has 2 bridgehead atoms. The maximum absolute atomic E-state index is 11.2. The van der Waals surface area contributed by atoms with E-state index < -0.39 is 0 Å². The first-order valence-corrected chi connectivity index (χ1v) is 7.70. The van der Waals surface area contributed by atoms with E-state index in [9.17, 15) is 4.79 Å². The number of amides is 1. The lowest BCUT2D eigenvalue weighted by Gasteiger charge is -2.39. The fourth-order valence-electron chi connectivity index (χ4n) is 3.84. The molecule has 0 radical (unpaired) electrons. The van der Waals surface area contributed by atoms with Crippen molar-refractivity contribution in [3.05, 3.63) is 35.4 Å². The van der Waals surface area contributed by atoms with Gasteiger partial charge in [-0.2, -0.15) is 0 Å². The molecule has 1 amide bonds. The molecule has 1 N–H and O–H groups in total. The van der Waals surface area contributed by atoms with Gasteiger partial charge < -0.3 is 5.32 Å². The van der Waals surface area contributed by atoms with Gasteiger partial charge in [0, 0.05) is 31.6 Å². The summed E-state index contributed by atoms with van der Waals surface area (Å²) >= 11 is 0. The third-order valence-corrected chi connectivity index (χ3v) is 4.78. The van der Waals surface area contributed by atoms with Gasteiger partial charge in [0.2, 0.25) is 5.91 Å². The van der Waals surface area contributed by atoms with E-state index in [0.29, 0.717) is 18.1 Å². The Hall–Kier alpha value is -1.35. The first-order valence-electron chi connectivity index (χ1n) is 7.70. The molecule has 1 unspecified atom stereocenters. The van der Waals surface area contributed by atoms with Gasteiger partial charge in [0.25, 0.3) is 0 Å². The van der Waals surface area contributed by atoms with Crippen molar-refractivity contribution in [1.29, 1.82) is 0 Å². The zero-order valence-electron chi connectivity index (χ0n) is 12.4. The van der Waals surface area contributed by atoms with Crippen LogP contribution in [0.4, 0.5) is 0 Å². The molecule has 0 saturated carbocycles. The number of aryl methyl sites for hydroxylation is 1. The number of rotatable bonds is 3. The summed E-state index contributed by atoms with van der Waals surface area (Å²) in [6.45, 7) is 4.81. The van der Waals surface area contributed by atoms with Gasteiger partial charge in [-0.15, -0.1) is 0 Å². The minimum absolute atomic E-state index is 0.112. The molecule has 0 aliphatic carbocycles. The van der Waals surface area contributed by atoms with E-state index in [1.54, 1.807) is 6.92 Å². The highest BCUT2D eigenvalue weighted by Gasteiger charge is 2.40. The van der Waals surface area contributed by atoms with Crippen LogP contribution in [0.2, 0.25) is 0 Å². The molecule has 1 aromatic rings. The van der Waals surface area contributed by atoms with Crippen LogP contribution in [-0.2, 0) is 11.3 Å². The second-order valence-corrected chi connectivity index (χ2v) is 6.41. The SMILES string of the molecule is CC(=O)NC1C[C@H]2CC[C@@H](C1)N2Cc1ccc(C)cc1. The third kappa shape index (κ3) is 2.88. The van der Waals surface area contributed by atoms with Crippen LogP contribution in [0.3, 0.4) is 0 Å². The minimum Gasteiger partial charge on any atom is -0.353 e. The van der Waals surface area contributed by atoms with Gasteiger partial charge in [-0.3, -0.25) is 9.69 Å². The molecule has 108 valence electrons. The Kier molecular flexibility index (Phi) is 3.79. The van der Waals surface area contributed by atoms with Gasteiger partial charge >= 0.3 is 0 Å².